The molecule has 6 rings (SSSR count). The molecule has 214 valence electrons. The molecule has 1 aliphatic carbocycles. The van der Waals surface area contributed by atoms with E-state index in [2.05, 4.69) is 15.2 Å². The monoisotopic (exact) mass is 589 g/mol. The summed E-state index contributed by atoms with van der Waals surface area (Å²) in [5, 5.41) is 3.58. The number of anilines is 1. The number of likely N-dealkylation sites (N-methyl/N-ethyl adjacent to an activating group) is 1. The quantitative estimate of drug-likeness (QED) is 0.288. The minimum atomic E-state index is -3.57. The van der Waals surface area contributed by atoms with Gasteiger partial charge >= 0.3 is 0 Å². The van der Waals surface area contributed by atoms with Gasteiger partial charge < -0.3 is 10.2 Å². The summed E-state index contributed by atoms with van der Waals surface area (Å²) in [6.45, 7) is 2.40. The number of thiazole rings is 1. The zero-order valence-electron chi connectivity index (χ0n) is 23.2. The van der Waals surface area contributed by atoms with Crippen LogP contribution < -0.4 is 5.32 Å². The highest BCUT2D eigenvalue weighted by molar-refractivity contribution is 7.89. The third-order valence-corrected chi connectivity index (χ3v) is 11.1. The van der Waals surface area contributed by atoms with Crippen LogP contribution in [-0.4, -0.2) is 66.7 Å². The van der Waals surface area contributed by atoms with Crippen LogP contribution >= 0.6 is 11.3 Å². The molecule has 0 spiro atoms. The minimum absolute atomic E-state index is 0.117. The molecule has 2 fully saturated rings. The Morgan fingerprint density at radius 2 is 1.66 bits per heavy atom. The average molecular weight is 590 g/mol. The zero-order valence-corrected chi connectivity index (χ0v) is 24.8. The number of fused-ring (bicyclic) bond motifs is 1. The van der Waals surface area contributed by atoms with Crippen molar-refractivity contribution in [1.82, 2.24) is 19.2 Å². The molecule has 1 amide bonds. The van der Waals surface area contributed by atoms with Gasteiger partial charge in [0.15, 0.2) is 5.13 Å². The molecule has 1 aliphatic heterocycles. The Hall–Kier alpha value is -3.18. The van der Waals surface area contributed by atoms with Crippen LogP contribution in [0.3, 0.4) is 0 Å². The van der Waals surface area contributed by atoms with Crippen molar-refractivity contribution < 1.29 is 13.2 Å². The van der Waals surface area contributed by atoms with Gasteiger partial charge in [0.05, 0.1) is 16.5 Å². The Morgan fingerprint density at radius 1 is 0.951 bits per heavy atom. The van der Waals surface area contributed by atoms with Crippen LogP contribution in [0.1, 0.15) is 43.6 Å². The van der Waals surface area contributed by atoms with Crippen molar-refractivity contribution in [2.45, 2.75) is 42.9 Å². The maximum Gasteiger partial charge on any atom is 0.243 e. The highest BCUT2D eigenvalue weighted by atomic mass is 32.2. The molecular formula is C31H35N5O3S2. The lowest BCUT2D eigenvalue weighted by Gasteiger charge is -2.31. The number of hydrogen-bond donors (Lipinski definition) is 1. The number of sulfonamides is 1. The fourth-order valence-corrected chi connectivity index (χ4v) is 8.12. The first-order valence-electron chi connectivity index (χ1n) is 14.3. The van der Waals surface area contributed by atoms with E-state index >= 15 is 0 Å². The van der Waals surface area contributed by atoms with Crippen molar-refractivity contribution >= 4 is 42.7 Å². The van der Waals surface area contributed by atoms with Crippen LogP contribution in [0, 0.1) is 5.92 Å². The lowest BCUT2D eigenvalue weighted by atomic mass is 9.87. The number of piperazine rings is 1. The Morgan fingerprint density at radius 3 is 2.37 bits per heavy atom. The maximum absolute atomic E-state index is 13.7. The minimum Gasteiger partial charge on any atom is -0.304 e. The summed E-state index contributed by atoms with van der Waals surface area (Å²) in [7, 11) is -1.57. The van der Waals surface area contributed by atoms with Crippen molar-refractivity contribution in [2.24, 2.45) is 5.92 Å². The molecule has 1 atom stereocenters. The van der Waals surface area contributed by atoms with Crippen molar-refractivity contribution in [3.8, 4) is 11.3 Å². The Bertz CT molecular complexity index is 1610. The smallest absolute Gasteiger partial charge is 0.243 e. The number of carbonyl (C=O) groups is 1. The summed E-state index contributed by atoms with van der Waals surface area (Å²) in [6.07, 6.45) is 5.35. The van der Waals surface area contributed by atoms with Gasteiger partial charge in [-0.25, -0.2) is 18.4 Å². The van der Waals surface area contributed by atoms with E-state index in [1.54, 1.807) is 16.4 Å². The highest BCUT2D eigenvalue weighted by Gasteiger charge is 2.30. The predicted molar refractivity (Wildman–Crippen MR) is 163 cm³/mol. The maximum atomic E-state index is 13.7. The number of hydrogen-bond acceptors (Lipinski definition) is 7. The van der Waals surface area contributed by atoms with Crippen LogP contribution in [0.25, 0.3) is 21.6 Å². The van der Waals surface area contributed by atoms with Crippen LogP contribution in [-0.2, 0) is 14.8 Å². The molecular weight excluding hydrogens is 555 g/mol. The van der Waals surface area contributed by atoms with Crippen molar-refractivity contribution in [3.05, 3.63) is 72.3 Å². The number of nitrogens with zero attached hydrogens (tertiary/aromatic N) is 4. The number of benzene rings is 2. The van der Waals surface area contributed by atoms with E-state index in [0.717, 1.165) is 59.5 Å². The van der Waals surface area contributed by atoms with Gasteiger partial charge in [-0.3, -0.25) is 4.79 Å². The first-order chi connectivity index (χ1) is 19.9. The summed E-state index contributed by atoms with van der Waals surface area (Å²) in [6, 6.07) is 20.8. The number of rotatable bonds is 8. The number of amides is 1. The summed E-state index contributed by atoms with van der Waals surface area (Å²) in [5.41, 5.74) is 3.47. The second-order valence-corrected chi connectivity index (χ2v) is 14.0. The molecule has 41 heavy (non-hydrogen) atoms. The number of nitrogens with one attached hydrogen (secondary N) is 1. The first-order valence-corrected chi connectivity index (χ1v) is 16.5. The van der Waals surface area contributed by atoms with E-state index in [-0.39, 0.29) is 10.8 Å². The normalized spacial score (nSPS) is 18.1. The fraction of sp³-hybridized carbons (Fsp3) is 0.387. The van der Waals surface area contributed by atoms with Gasteiger partial charge in [0.25, 0.3) is 0 Å². The molecule has 1 saturated heterocycles. The predicted octanol–water partition coefficient (Wildman–Crippen LogP) is 5.60. The molecule has 1 N–H and O–H groups in total. The summed E-state index contributed by atoms with van der Waals surface area (Å²) >= 11 is 1.37. The van der Waals surface area contributed by atoms with Gasteiger partial charge in [-0.15, -0.1) is 0 Å². The lowest BCUT2D eigenvalue weighted by molar-refractivity contribution is -0.118. The summed E-state index contributed by atoms with van der Waals surface area (Å²) < 4.78 is 28.0. The molecule has 10 heteroatoms. The molecule has 4 aromatic rings. The number of aromatic nitrogens is 2. The van der Waals surface area contributed by atoms with Crippen LogP contribution in [0.5, 0.6) is 0 Å². The molecule has 0 unspecified atom stereocenters. The summed E-state index contributed by atoms with van der Waals surface area (Å²) in [5.74, 6) is -0.0304. The third kappa shape index (κ3) is 6.21. The van der Waals surface area contributed by atoms with E-state index in [1.807, 2.05) is 61.6 Å². The second-order valence-electron chi connectivity index (χ2n) is 11.1. The standard InChI is InChI=1S/C31H35N5O3S2/c1-35-17-19-36(20-18-35)41(38,39)25-13-11-23(12-14-25)26(21-22-7-5-6-8-22)29(37)34-31-33-28-16-15-27(32-30(28)40-31)24-9-3-2-4-10-24/h2-4,9-16,22,26H,5-8,17-21H2,1H3,(H,33,34,37)/t26-/m1/s1. The van der Waals surface area contributed by atoms with E-state index in [4.69, 9.17) is 4.98 Å². The van der Waals surface area contributed by atoms with E-state index in [0.29, 0.717) is 24.1 Å². The van der Waals surface area contributed by atoms with Gasteiger partial charge in [0.1, 0.15) is 10.3 Å². The van der Waals surface area contributed by atoms with Gasteiger partial charge in [0.2, 0.25) is 15.9 Å². The summed E-state index contributed by atoms with van der Waals surface area (Å²) in [4.78, 5) is 26.3. The first kappa shape index (κ1) is 28.0. The van der Waals surface area contributed by atoms with Gasteiger partial charge in [-0.1, -0.05) is 79.5 Å². The highest BCUT2D eigenvalue weighted by Crippen LogP contribution is 2.36. The van der Waals surface area contributed by atoms with Gasteiger partial charge in [0, 0.05) is 31.7 Å². The Kier molecular flexibility index (Phi) is 8.16. The zero-order chi connectivity index (χ0) is 28.4. The van der Waals surface area contributed by atoms with E-state index in [9.17, 15) is 13.2 Å². The topological polar surface area (TPSA) is 95.5 Å². The molecule has 0 radical (unpaired) electrons. The molecule has 1 saturated carbocycles. The molecule has 0 bridgehead atoms. The number of pyridine rings is 1. The molecule has 3 heterocycles. The van der Waals surface area contributed by atoms with E-state index in [1.165, 1.54) is 24.2 Å². The molecule has 2 aliphatic rings. The second kappa shape index (κ2) is 12.0. The molecule has 2 aromatic heterocycles. The average Bonchev–Trinajstić information content (AvgIpc) is 3.65. The largest absolute Gasteiger partial charge is 0.304 e. The van der Waals surface area contributed by atoms with Crippen LogP contribution in [0.15, 0.2) is 71.6 Å². The third-order valence-electron chi connectivity index (χ3n) is 8.30. The van der Waals surface area contributed by atoms with Gasteiger partial charge in [-0.2, -0.15) is 4.31 Å². The lowest BCUT2D eigenvalue weighted by Crippen LogP contribution is -2.47. The number of carbonyl (C=O) groups excluding carboxylic acids is 1. The van der Waals surface area contributed by atoms with E-state index < -0.39 is 15.9 Å². The van der Waals surface area contributed by atoms with Crippen LogP contribution in [0.4, 0.5) is 5.13 Å². The van der Waals surface area contributed by atoms with Crippen molar-refractivity contribution in [1.29, 1.82) is 0 Å². The van der Waals surface area contributed by atoms with Crippen molar-refractivity contribution in [2.75, 3.05) is 38.5 Å². The van der Waals surface area contributed by atoms with Crippen LogP contribution in [0.2, 0.25) is 0 Å². The SMILES string of the molecule is CN1CCN(S(=O)(=O)c2ccc([C@@H](CC3CCCC3)C(=O)Nc3nc4ccc(-c5ccccc5)nc4s3)cc2)CC1. The van der Waals surface area contributed by atoms with Gasteiger partial charge in [-0.05, 0) is 49.2 Å². The van der Waals surface area contributed by atoms with Crippen molar-refractivity contribution in [3.63, 3.8) is 0 Å². The Balaban J connectivity index is 1.22. The molecule has 8 nitrogen and oxygen atoms in total. The fourth-order valence-electron chi connectivity index (χ4n) is 5.86. The Labute approximate surface area is 245 Å². The molecule has 2 aromatic carbocycles.